The normalized spacial score (nSPS) is 16.3. The summed E-state index contributed by atoms with van der Waals surface area (Å²) in [5, 5.41) is 20.9. The number of nitrogens with one attached hydrogen (secondary N) is 1. The van der Waals surface area contributed by atoms with Gasteiger partial charge in [-0.3, -0.25) is 14.9 Å². The number of H-pyrrole nitrogens is 1. The molecule has 1 aliphatic heterocycles. The molecule has 3 rings (SSSR count). The minimum Gasteiger partial charge on any atom is -0.480 e. The van der Waals surface area contributed by atoms with Gasteiger partial charge in [0.2, 0.25) is 0 Å². The highest BCUT2D eigenvalue weighted by molar-refractivity contribution is 5.95. The molecule has 1 aliphatic rings. The third-order valence-corrected chi connectivity index (χ3v) is 4.16. The van der Waals surface area contributed by atoms with Crippen LogP contribution in [0.1, 0.15) is 5.56 Å². The summed E-state index contributed by atoms with van der Waals surface area (Å²) in [5.74, 6) is -1.14. The molecule has 0 radical (unpaired) electrons. The Morgan fingerprint density at radius 2 is 2.17 bits per heavy atom. The van der Waals surface area contributed by atoms with Gasteiger partial charge in [-0.25, -0.2) is 0 Å². The van der Waals surface area contributed by atoms with Crippen molar-refractivity contribution in [3.8, 4) is 0 Å². The van der Waals surface area contributed by atoms with Gasteiger partial charge in [-0.1, -0.05) is 0 Å². The summed E-state index contributed by atoms with van der Waals surface area (Å²) in [6, 6.07) is 2.25. The van der Waals surface area contributed by atoms with Crippen molar-refractivity contribution < 1.29 is 19.6 Å². The van der Waals surface area contributed by atoms with Crippen molar-refractivity contribution in [1.29, 1.82) is 0 Å². The zero-order valence-corrected chi connectivity index (χ0v) is 12.9. The Bertz CT molecular complexity index is 782. The number of fused-ring (bicyclic) bond motifs is 1. The lowest BCUT2D eigenvalue weighted by Gasteiger charge is -2.28. The number of ether oxygens (including phenoxy) is 1. The van der Waals surface area contributed by atoms with Gasteiger partial charge in [0.15, 0.2) is 0 Å². The van der Waals surface area contributed by atoms with Gasteiger partial charge in [-0.05, 0) is 11.6 Å². The number of rotatable bonds is 5. The molecule has 9 nitrogen and oxygen atoms in total. The number of aliphatic carboxylic acids is 1. The van der Waals surface area contributed by atoms with Crippen LogP contribution < -0.4 is 10.6 Å². The number of hydrogen-bond acceptors (Lipinski definition) is 6. The standard InChI is InChI=1S/C15H18N4O5/c16-11(15(20)21)5-9-8-17-12-6-10(18-1-3-24-4-2-18)7-13(14(9)12)19(22)23/h6-8,11,17H,1-5,16H2,(H,20,21). The minimum absolute atomic E-state index is 0.0209. The average Bonchev–Trinajstić information content (AvgIpc) is 2.97. The van der Waals surface area contributed by atoms with E-state index in [4.69, 9.17) is 15.6 Å². The van der Waals surface area contributed by atoms with E-state index in [0.29, 0.717) is 42.8 Å². The number of carboxylic acids is 1. The molecule has 0 bridgehead atoms. The molecule has 0 saturated carbocycles. The molecule has 0 spiro atoms. The molecule has 9 heteroatoms. The van der Waals surface area contributed by atoms with Crippen LogP contribution in [0.3, 0.4) is 0 Å². The Morgan fingerprint density at radius 3 is 2.79 bits per heavy atom. The van der Waals surface area contributed by atoms with Crippen molar-refractivity contribution in [3.05, 3.63) is 34.0 Å². The number of carboxylic acid groups (broad SMARTS) is 1. The lowest BCUT2D eigenvalue weighted by atomic mass is 10.0. The Kier molecular flexibility index (Phi) is 4.36. The van der Waals surface area contributed by atoms with Crippen molar-refractivity contribution in [2.24, 2.45) is 5.73 Å². The number of morpholine rings is 1. The maximum atomic E-state index is 11.5. The van der Waals surface area contributed by atoms with Gasteiger partial charge < -0.3 is 25.5 Å². The van der Waals surface area contributed by atoms with Gasteiger partial charge in [0.25, 0.3) is 5.69 Å². The van der Waals surface area contributed by atoms with Gasteiger partial charge in [0.05, 0.1) is 29.0 Å². The first-order valence-electron chi connectivity index (χ1n) is 7.57. The molecule has 128 valence electrons. The van der Waals surface area contributed by atoms with E-state index in [2.05, 4.69) is 4.98 Å². The molecule has 1 atom stereocenters. The molecule has 0 amide bonds. The SMILES string of the molecule is NC(Cc1c[nH]c2cc(N3CCOCC3)cc([N+](=O)[O-])c12)C(=O)O. The Morgan fingerprint density at radius 1 is 1.46 bits per heavy atom. The maximum absolute atomic E-state index is 11.5. The first-order valence-corrected chi connectivity index (χ1v) is 7.57. The van der Waals surface area contributed by atoms with E-state index in [-0.39, 0.29) is 12.1 Å². The van der Waals surface area contributed by atoms with Gasteiger partial charge in [-0.2, -0.15) is 0 Å². The highest BCUT2D eigenvalue weighted by atomic mass is 16.6. The number of nitro groups is 1. The number of nitro benzene ring substituents is 1. The Hall–Kier alpha value is -2.65. The molecule has 24 heavy (non-hydrogen) atoms. The molecule has 2 heterocycles. The molecule has 1 aromatic heterocycles. The lowest BCUT2D eigenvalue weighted by Crippen LogP contribution is -2.36. The molecule has 1 fully saturated rings. The van der Waals surface area contributed by atoms with Crippen molar-refractivity contribution in [2.45, 2.75) is 12.5 Å². The Balaban J connectivity index is 2.05. The van der Waals surface area contributed by atoms with E-state index < -0.39 is 16.9 Å². The highest BCUT2D eigenvalue weighted by Crippen LogP contribution is 2.34. The zero-order chi connectivity index (χ0) is 17.3. The number of carbonyl (C=O) groups is 1. The largest absolute Gasteiger partial charge is 0.480 e. The van der Waals surface area contributed by atoms with Crippen molar-refractivity contribution in [3.63, 3.8) is 0 Å². The summed E-state index contributed by atoms with van der Waals surface area (Å²) in [6.07, 6.45) is 1.61. The van der Waals surface area contributed by atoms with Crippen LogP contribution in [-0.2, 0) is 16.0 Å². The van der Waals surface area contributed by atoms with Gasteiger partial charge in [-0.15, -0.1) is 0 Å². The van der Waals surface area contributed by atoms with E-state index in [9.17, 15) is 14.9 Å². The second-order valence-corrected chi connectivity index (χ2v) is 5.71. The summed E-state index contributed by atoms with van der Waals surface area (Å²) in [7, 11) is 0. The monoisotopic (exact) mass is 334 g/mol. The molecular weight excluding hydrogens is 316 g/mol. The average molecular weight is 334 g/mol. The number of aromatic amines is 1. The third kappa shape index (κ3) is 3.03. The number of aromatic nitrogens is 1. The second-order valence-electron chi connectivity index (χ2n) is 5.71. The predicted molar refractivity (Wildman–Crippen MR) is 87.3 cm³/mol. The number of anilines is 1. The van der Waals surface area contributed by atoms with Gasteiger partial charge >= 0.3 is 5.97 Å². The molecule has 1 aromatic carbocycles. The topological polar surface area (TPSA) is 135 Å². The fraction of sp³-hybridized carbons (Fsp3) is 0.400. The van der Waals surface area contributed by atoms with Crippen LogP contribution in [-0.4, -0.2) is 53.3 Å². The van der Waals surface area contributed by atoms with E-state index in [1.165, 1.54) is 6.07 Å². The van der Waals surface area contributed by atoms with E-state index in [1.54, 1.807) is 6.20 Å². The predicted octanol–water partition coefficient (Wildman–Crippen LogP) is 0.867. The first kappa shape index (κ1) is 16.2. The molecular formula is C15H18N4O5. The summed E-state index contributed by atoms with van der Waals surface area (Å²) in [4.78, 5) is 27.0. The summed E-state index contributed by atoms with van der Waals surface area (Å²) >= 11 is 0. The second kappa shape index (κ2) is 6.46. The summed E-state index contributed by atoms with van der Waals surface area (Å²) in [5.41, 5.74) is 7.38. The number of non-ortho nitro benzene ring substituents is 1. The van der Waals surface area contributed by atoms with Crippen molar-refractivity contribution in [1.82, 2.24) is 4.98 Å². The fourth-order valence-corrected chi connectivity index (χ4v) is 2.93. The van der Waals surface area contributed by atoms with Crippen LogP contribution in [0.2, 0.25) is 0 Å². The number of hydrogen-bond donors (Lipinski definition) is 3. The van der Waals surface area contributed by atoms with Crippen LogP contribution in [0.15, 0.2) is 18.3 Å². The quantitative estimate of drug-likeness (QED) is 0.545. The Labute approximate surface area is 137 Å². The highest BCUT2D eigenvalue weighted by Gasteiger charge is 2.24. The van der Waals surface area contributed by atoms with Gasteiger partial charge in [0.1, 0.15) is 6.04 Å². The molecule has 2 aromatic rings. The minimum atomic E-state index is -1.14. The lowest BCUT2D eigenvalue weighted by molar-refractivity contribution is -0.383. The fourth-order valence-electron chi connectivity index (χ4n) is 2.93. The van der Waals surface area contributed by atoms with E-state index in [0.717, 1.165) is 5.69 Å². The number of nitrogens with two attached hydrogens (primary N) is 1. The molecule has 1 saturated heterocycles. The van der Waals surface area contributed by atoms with Crippen LogP contribution in [0.25, 0.3) is 10.9 Å². The van der Waals surface area contributed by atoms with Crippen molar-refractivity contribution >= 4 is 28.2 Å². The molecule has 4 N–H and O–H groups in total. The van der Waals surface area contributed by atoms with Crippen molar-refractivity contribution in [2.75, 3.05) is 31.2 Å². The first-order chi connectivity index (χ1) is 11.5. The maximum Gasteiger partial charge on any atom is 0.320 e. The van der Waals surface area contributed by atoms with Gasteiger partial charge in [0, 0.05) is 37.5 Å². The van der Waals surface area contributed by atoms with E-state index >= 15 is 0 Å². The van der Waals surface area contributed by atoms with Crippen LogP contribution in [0, 0.1) is 10.1 Å². The molecule has 1 unspecified atom stereocenters. The molecule has 0 aliphatic carbocycles. The van der Waals surface area contributed by atoms with Crippen LogP contribution in [0.4, 0.5) is 11.4 Å². The number of nitrogens with zero attached hydrogens (tertiary/aromatic N) is 2. The third-order valence-electron chi connectivity index (χ3n) is 4.16. The van der Waals surface area contributed by atoms with Crippen LogP contribution >= 0.6 is 0 Å². The smallest absolute Gasteiger partial charge is 0.320 e. The zero-order valence-electron chi connectivity index (χ0n) is 12.9. The summed E-state index contributed by atoms with van der Waals surface area (Å²) in [6.45, 7) is 2.49. The van der Waals surface area contributed by atoms with Crippen LogP contribution in [0.5, 0.6) is 0 Å². The van der Waals surface area contributed by atoms with E-state index in [1.807, 2.05) is 11.0 Å². The summed E-state index contributed by atoms with van der Waals surface area (Å²) < 4.78 is 5.30. The number of benzene rings is 1.